The van der Waals surface area contributed by atoms with Crippen LogP contribution < -0.4 is 5.32 Å². The Balaban J connectivity index is 1.92. The predicted molar refractivity (Wildman–Crippen MR) is 49.1 cm³/mol. The zero-order valence-corrected chi connectivity index (χ0v) is 7.53. The third kappa shape index (κ3) is 1.47. The van der Waals surface area contributed by atoms with E-state index in [0.29, 0.717) is 0 Å². The molecule has 0 saturated heterocycles. The van der Waals surface area contributed by atoms with E-state index in [1.165, 1.54) is 13.0 Å². The Hall–Kier alpha value is -0.340. The number of hydrogen-bond donors (Lipinski definition) is 1. The van der Waals surface area contributed by atoms with Gasteiger partial charge in [-0.25, -0.2) is 0 Å². The summed E-state index contributed by atoms with van der Waals surface area (Å²) in [4.78, 5) is 0. The van der Waals surface area contributed by atoms with Crippen LogP contribution in [0.15, 0.2) is 16.8 Å². The van der Waals surface area contributed by atoms with Gasteiger partial charge in [-0.3, -0.25) is 0 Å². The molecule has 1 saturated carbocycles. The van der Waals surface area contributed by atoms with Gasteiger partial charge in [0, 0.05) is 0 Å². The maximum atomic E-state index is 3.22. The molecule has 1 aliphatic carbocycles. The minimum Gasteiger partial charge on any atom is -0.319 e. The zero-order chi connectivity index (χ0) is 7.68. The third-order valence-electron chi connectivity index (χ3n) is 2.36. The van der Waals surface area contributed by atoms with Crippen LogP contribution in [0, 0.1) is 5.92 Å². The molecule has 1 aromatic rings. The van der Waals surface area contributed by atoms with Gasteiger partial charge in [-0.05, 0) is 54.2 Å². The Morgan fingerprint density at radius 2 is 2.64 bits per heavy atom. The highest BCUT2D eigenvalue weighted by molar-refractivity contribution is 7.08. The zero-order valence-electron chi connectivity index (χ0n) is 6.71. The molecular weight excluding hydrogens is 154 g/mol. The summed E-state index contributed by atoms with van der Waals surface area (Å²) in [7, 11) is 2.03. The normalized spacial score (nSPS) is 28.8. The summed E-state index contributed by atoms with van der Waals surface area (Å²) < 4.78 is 0. The van der Waals surface area contributed by atoms with E-state index in [2.05, 4.69) is 22.1 Å². The molecular formula is C9H13NS. The van der Waals surface area contributed by atoms with Crippen LogP contribution in [0.25, 0.3) is 0 Å². The van der Waals surface area contributed by atoms with Crippen LogP contribution in [0.2, 0.25) is 0 Å². The molecule has 1 aliphatic rings. The Morgan fingerprint density at radius 1 is 1.73 bits per heavy atom. The van der Waals surface area contributed by atoms with E-state index in [1.54, 1.807) is 5.56 Å². The fourth-order valence-corrected chi connectivity index (χ4v) is 2.35. The van der Waals surface area contributed by atoms with Gasteiger partial charge in [0.25, 0.3) is 0 Å². The summed E-state index contributed by atoms with van der Waals surface area (Å²) in [5, 5.41) is 7.67. The number of hydrogen-bond acceptors (Lipinski definition) is 2. The van der Waals surface area contributed by atoms with Gasteiger partial charge >= 0.3 is 0 Å². The lowest BCUT2D eigenvalue weighted by molar-refractivity contribution is 0.699. The Morgan fingerprint density at radius 3 is 3.27 bits per heavy atom. The fraction of sp³-hybridized carbons (Fsp3) is 0.556. The molecule has 1 heterocycles. The monoisotopic (exact) mass is 167 g/mol. The molecule has 0 spiro atoms. The molecule has 2 heteroatoms. The Labute approximate surface area is 71.4 Å². The Bertz CT molecular complexity index is 217. The first-order valence-corrected chi connectivity index (χ1v) is 5.03. The molecule has 1 nitrogen and oxygen atoms in total. The fourth-order valence-electron chi connectivity index (χ4n) is 1.63. The largest absolute Gasteiger partial charge is 0.319 e. The van der Waals surface area contributed by atoms with Crippen LogP contribution in [0.3, 0.4) is 0 Å². The van der Waals surface area contributed by atoms with Gasteiger partial charge in [0.05, 0.1) is 0 Å². The van der Waals surface area contributed by atoms with Crippen LogP contribution in [0.5, 0.6) is 0 Å². The summed E-state index contributed by atoms with van der Waals surface area (Å²) >= 11 is 1.81. The van der Waals surface area contributed by atoms with Gasteiger partial charge in [-0.2, -0.15) is 11.3 Å². The maximum Gasteiger partial charge on any atom is -0.00174 e. The first-order chi connectivity index (χ1) is 5.42. The summed E-state index contributed by atoms with van der Waals surface area (Å²) in [6.45, 7) is 1.18. The molecule has 2 rings (SSSR count). The summed E-state index contributed by atoms with van der Waals surface area (Å²) in [5.74, 6) is 1.78. The lowest BCUT2D eigenvalue weighted by Gasteiger charge is -1.95. The van der Waals surface area contributed by atoms with Gasteiger partial charge in [-0.15, -0.1) is 0 Å². The topological polar surface area (TPSA) is 12.0 Å². The average molecular weight is 167 g/mol. The number of thiophene rings is 1. The molecule has 0 amide bonds. The van der Waals surface area contributed by atoms with E-state index < -0.39 is 0 Å². The molecule has 60 valence electrons. The van der Waals surface area contributed by atoms with Crippen molar-refractivity contribution in [2.75, 3.05) is 13.6 Å². The predicted octanol–water partition coefficient (Wildman–Crippen LogP) is 2.07. The molecule has 1 aromatic heterocycles. The highest BCUT2D eigenvalue weighted by Crippen LogP contribution is 2.47. The second-order valence-electron chi connectivity index (χ2n) is 3.22. The number of rotatable bonds is 3. The van der Waals surface area contributed by atoms with Crippen molar-refractivity contribution < 1.29 is 0 Å². The first-order valence-electron chi connectivity index (χ1n) is 4.08. The van der Waals surface area contributed by atoms with Crippen molar-refractivity contribution in [2.24, 2.45) is 5.92 Å². The van der Waals surface area contributed by atoms with Crippen molar-refractivity contribution in [3.8, 4) is 0 Å². The lowest BCUT2D eigenvalue weighted by atomic mass is 10.2. The van der Waals surface area contributed by atoms with E-state index >= 15 is 0 Å². The van der Waals surface area contributed by atoms with E-state index in [1.807, 2.05) is 18.4 Å². The van der Waals surface area contributed by atoms with Crippen molar-refractivity contribution in [1.29, 1.82) is 0 Å². The van der Waals surface area contributed by atoms with E-state index in [9.17, 15) is 0 Å². The van der Waals surface area contributed by atoms with Crippen molar-refractivity contribution >= 4 is 11.3 Å². The van der Waals surface area contributed by atoms with Crippen LogP contribution in [0.4, 0.5) is 0 Å². The molecule has 1 fully saturated rings. The van der Waals surface area contributed by atoms with E-state index in [-0.39, 0.29) is 0 Å². The van der Waals surface area contributed by atoms with Gasteiger partial charge in [0.2, 0.25) is 0 Å². The van der Waals surface area contributed by atoms with Crippen LogP contribution in [0.1, 0.15) is 17.9 Å². The smallest absolute Gasteiger partial charge is 0.00174 e. The van der Waals surface area contributed by atoms with Gasteiger partial charge < -0.3 is 5.32 Å². The van der Waals surface area contributed by atoms with Crippen molar-refractivity contribution in [2.45, 2.75) is 12.3 Å². The standard InChI is InChI=1S/C9H13NS/c1-10-5-8-4-9(8)7-2-3-11-6-7/h2-3,6,8-10H,4-5H2,1H3. The van der Waals surface area contributed by atoms with E-state index in [4.69, 9.17) is 0 Å². The second-order valence-corrected chi connectivity index (χ2v) is 4.00. The minimum atomic E-state index is 0.869. The number of nitrogens with one attached hydrogen (secondary N) is 1. The highest BCUT2D eigenvalue weighted by Gasteiger charge is 2.37. The van der Waals surface area contributed by atoms with Gasteiger partial charge in [-0.1, -0.05) is 0 Å². The minimum absolute atomic E-state index is 0.869. The maximum absolute atomic E-state index is 3.22. The molecule has 11 heavy (non-hydrogen) atoms. The van der Waals surface area contributed by atoms with Gasteiger partial charge in [0.15, 0.2) is 0 Å². The quantitative estimate of drug-likeness (QED) is 0.726. The molecule has 0 aromatic carbocycles. The lowest BCUT2D eigenvalue weighted by Crippen LogP contribution is -2.09. The molecule has 0 radical (unpaired) electrons. The summed E-state index contributed by atoms with van der Waals surface area (Å²) in [6, 6.07) is 2.25. The first kappa shape index (κ1) is 7.32. The average Bonchev–Trinajstić information content (AvgIpc) is 2.61. The molecule has 2 unspecified atom stereocenters. The van der Waals surface area contributed by atoms with E-state index in [0.717, 1.165) is 11.8 Å². The second kappa shape index (κ2) is 2.95. The summed E-state index contributed by atoms with van der Waals surface area (Å²) in [6.07, 6.45) is 1.39. The van der Waals surface area contributed by atoms with Crippen molar-refractivity contribution in [1.82, 2.24) is 5.32 Å². The highest BCUT2D eigenvalue weighted by atomic mass is 32.1. The van der Waals surface area contributed by atoms with Crippen LogP contribution in [-0.4, -0.2) is 13.6 Å². The third-order valence-corrected chi connectivity index (χ3v) is 3.06. The van der Waals surface area contributed by atoms with Crippen LogP contribution >= 0.6 is 11.3 Å². The molecule has 0 aliphatic heterocycles. The SMILES string of the molecule is CNCC1CC1c1ccsc1. The Kier molecular flexibility index (Phi) is 1.96. The molecule has 0 bridgehead atoms. The van der Waals surface area contributed by atoms with Crippen LogP contribution in [-0.2, 0) is 0 Å². The van der Waals surface area contributed by atoms with Crippen molar-refractivity contribution in [3.05, 3.63) is 22.4 Å². The molecule has 2 atom stereocenters. The van der Waals surface area contributed by atoms with Crippen molar-refractivity contribution in [3.63, 3.8) is 0 Å². The summed E-state index contributed by atoms with van der Waals surface area (Å²) in [5.41, 5.74) is 1.55. The molecule has 1 N–H and O–H groups in total. The van der Waals surface area contributed by atoms with Gasteiger partial charge in [0.1, 0.15) is 0 Å².